The lowest BCUT2D eigenvalue weighted by atomic mass is 9.99. The van der Waals surface area contributed by atoms with Gasteiger partial charge in [-0.2, -0.15) is 0 Å². The van der Waals surface area contributed by atoms with Gasteiger partial charge in [-0.15, -0.1) is 0 Å². The zero-order chi connectivity index (χ0) is 23.9. The molecule has 0 aliphatic carbocycles. The second-order valence-electron chi connectivity index (χ2n) is 7.53. The summed E-state index contributed by atoms with van der Waals surface area (Å²) in [6.07, 6.45) is 3.62. The molecule has 0 fully saturated rings. The monoisotopic (exact) mass is 467 g/mol. The van der Waals surface area contributed by atoms with Crippen molar-refractivity contribution >= 4 is 11.6 Å². The third-order valence-electron chi connectivity index (χ3n) is 5.61. The van der Waals surface area contributed by atoms with Crippen molar-refractivity contribution in [2.45, 2.75) is 13.5 Å². The minimum Gasteiger partial charge on any atom is -0.400 e. The van der Waals surface area contributed by atoms with Crippen LogP contribution in [0.1, 0.15) is 6.92 Å². The lowest BCUT2D eigenvalue weighted by molar-refractivity contribution is 0.399. The Kier molecular flexibility index (Phi) is 7.53. The Morgan fingerprint density at radius 1 is 0.706 bits per heavy atom. The van der Waals surface area contributed by atoms with E-state index in [2.05, 4.69) is 77.1 Å². The summed E-state index contributed by atoms with van der Waals surface area (Å²) in [5.41, 5.74) is 7.58. The highest BCUT2D eigenvalue weighted by Crippen LogP contribution is 2.39. The third kappa shape index (κ3) is 4.65. The summed E-state index contributed by atoms with van der Waals surface area (Å²) in [4.78, 5) is 9.40. The first-order chi connectivity index (χ1) is 16.8. The van der Waals surface area contributed by atoms with Crippen LogP contribution in [0.15, 0.2) is 103 Å². The van der Waals surface area contributed by atoms with Crippen LogP contribution >= 0.6 is 11.6 Å². The van der Waals surface area contributed by atoms with Crippen molar-refractivity contribution in [1.82, 2.24) is 14.5 Å². The van der Waals surface area contributed by atoms with E-state index in [0.717, 1.165) is 58.1 Å². The summed E-state index contributed by atoms with van der Waals surface area (Å²) in [7, 11) is 1.00. The summed E-state index contributed by atoms with van der Waals surface area (Å²) in [6, 6.07) is 30.9. The summed E-state index contributed by atoms with van der Waals surface area (Å²) in [5.74, 6) is 0.948. The fourth-order valence-electron chi connectivity index (χ4n) is 4.13. The van der Waals surface area contributed by atoms with Gasteiger partial charge in [-0.25, -0.2) is 4.98 Å². The van der Waals surface area contributed by atoms with Crippen molar-refractivity contribution in [3.63, 3.8) is 0 Å². The number of aliphatic hydroxyl groups excluding tert-OH is 1. The topological polar surface area (TPSA) is 50.9 Å². The Balaban J connectivity index is 0.00000133. The summed E-state index contributed by atoms with van der Waals surface area (Å²) in [6.45, 7) is 2.94. The standard InChI is InChI=1S/C28H22ClN3.CH4O/c1-2-32-27(22-12-14-23(29)15-13-22)26(21-16-18-30-19-17-21)31-28(32)25-11-7-6-10-24(25)20-8-4-3-5-9-20;1-2/h3-19H,2H2,1H3;2H,1H3. The van der Waals surface area contributed by atoms with Gasteiger partial charge in [0.15, 0.2) is 0 Å². The van der Waals surface area contributed by atoms with E-state index >= 15 is 0 Å². The summed E-state index contributed by atoms with van der Waals surface area (Å²) >= 11 is 6.19. The largest absolute Gasteiger partial charge is 0.400 e. The van der Waals surface area contributed by atoms with Crippen LogP contribution in [0.5, 0.6) is 0 Å². The van der Waals surface area contributed by atoms with Crippen LogP contribution < -0.4 is 0 Å². The fourth-order valence-corrected chi connectivity index (χ4v) is 4.25. The quantitative estimate of drug-likeness (QED) is 0.296. The predicted octanol–water partition coefficient (Wildman–Crippen LogP) is 7.23. The smallest absolute Gasteiger partial charge is 0.141 e. The molecule has 5 rings (SSSR count). The SMILES string of the molecule is CCn1c(-c2ccccc2-c2ccccc2)nc(-c2ccncc2)c1-c1ccc(Cl)cc1.CO. The summed E-state index contributed by atoms with van der Waals surface area (Å²) < 4.78 is 2.29. The van der Waals surface area contributed by atoms with Crippen molar-refractivity contribution in [2.24, 2.45) is 0 Å². The minimum atomic E-state index is 0.719. The van der Waals surface area contributed by atoms with E-state index < -0.39 is 0 Å². The molecule has 0 saturated heterocycles. The molecule has 0 amide bonds. The Morgan fingerprint density at radius 3 is 1.97 bits per heavy atom. The van der Waals surface area contributed by atoms with Gasteiger partial charge in [-0.1, -0.05) is 78.3 Å². The number of aliphatic hydroxyl groups is 1. The fraction of sp³-hybridized carbons (Fsp3) is 0.103. The van der Waals surface area contributed by atoms with E-state index in [4.69, 9.17) is 21.7 Å². The van der Waals surface area contributed by atoms with E-state index in [9.17, 15) is 0 Å². The Hall–Kier alpha value is -3.73. The van der Waals surface area contributed by atoms with E-state index in [1.54, 1.807) is 0 Å². The molecule has 0 bridgehead atoms. The minimum absolute atomic E-state index is 0.719. The lowest BCUT2D eigenvalue weighted by Gasteiger charge is -2.14. The number of nitrogens with zero attached hydrogens (tertiary/aromatic N) is 3. The molecule has 0 unspecified atom stereocenters. The highest BCUT2D eigenvalue weighted by Gasteiger charge is 2.22. The van der Waals surface area contributed by atoms with Gasteiger partial charge in [-0.3, -0.25) is 4.98 Å². The van der Waals surface area contributed by atoms with Crippen LogP contribution in [0.4, 0.5) is 0 Å². The van der Waals surface area contributed by atoms with Gasteiger partial charge < -0.3 is 9.67 Å². The molecule has 1 N–H and O–H groups in total. The Morgan fingerprint density at radius 2 is 1.32 bits per heavy atom. The van der Waals surface area contributed by atoms with Gasteiger partial charge in [0.1, 0.15) is 5.82 Å². The molecule has 0 atom stereocenters. The predicted molar refractivity (Wildman–Crippen MR) is 141 cm³/mol. The number of hydrogen-bond acceptors (Lipinski definition) is 3. The second kappa shape index (κ2) is 10.9. The van der Waals surface area contributed by atoms with E-state index in [0.29, 0.717) is 0 Å². The van der Waals surface area contributed by atoms with Crippen molar-refractivity contribution in [3.05, 3.63) is 108 Å². The van der Waals surface area contributed by atoms with E-state index in [-0.39, 0.29) is 0 Å². The molecule has 0 saturated carbocycles. The maximum absolute atomic E-state index is 7.00. The van der Waals surface area contributed by atoms with Gasteiger partial charge in [0.25, 0.3) is 0 Å². The highest BCUT2D eigenvalue weighted by molar-refractivity contribution is 6.30. The van der Waals surface area contributed by atoms with Crippen molar-refractivity contribution in [1.29, 1.82) is 0 Å². The first kappa shape index (κ1) is 23.4. The van der Waals surface area contributed by atoms with Crippen molar-refractivity contribution in [3.8, 4) is 45.0 Å². The number of rotatable bonds is 5. The Bertz CT molecular complexity index is 1350. The molecular weight excluding hydrogens is 442 g/mol. The molecule has 3 aromatic carbocycles. The average molecular weight is 468 g/mol. The van der Waals surface area contributed by atoms with Crippen LogP contribution in [0.25, 0.3) is 45.0 Å². The zero-order valence-corrected chi connectivity index (χ0v) is 19.9. The maximum Gasteiger partial charge on any atom is 0.141 e. The number of imidazole rings is 1. The number of aromatic nitrogens is 3. The molecule has 5 heteroatoms. The second-order valence-corrected chi connectivity index (χ2v) is 7.97. The van der Waals surface area contributed by atoms with Crippen LogP contribution in [0.3, 0.4) is 0 Å². The van der Waals surface area contributed by atoms with Crippen molar-refractivity contribution < 1.29 is 5.11 Å². The number of hydrogen-bond donors (Lipinski definition) is 1. The zero-order valence-electron chi connectivity index (χ0n) is 19.2. The molecule has 2 heterocycles. The first-order valence-electron chi connectivity index (χ1n) is 11.1. The molecule has 0 aliphatic rings. The molecule has 0 aliphatic heterocycles. The lowest BCUT2D eigenvalue weighted by Crippen LogP contribution is -2.01. The molecule has 0 radical (unpaired) electrons. The van der Waals surface area contributed by atoms with Crippen LogP contribution in [-0.4, -0.2) is 26.8 Å². The number of benzene rings is 3. The highest BCUT2D eigenvalue weighted by atomic mass is 35.5. The third-order valence-corrected chi connectivity index (χ3v) is 5.86. The van der Waals surface area contributed by atoms with E-state index in [1.807, 2.05) is 42.7 Å². The van der Waals surface area contributed by atoms with Crippen molar-refractivity contribution in [2.75, 3.05) is 7.11 Å². The van der Waals surface area contributed by atoms with Crippen LogP contribution in [0.2, 0.25) is 5.02 Å². The molecule has 0 spiro atoms. The average Bonchev–Trinajstić information content (AvgIpc) is 3.31. The number of pyridine rings is 1. The first-order valence-corrected chi connectivity index (χ1v) is 11.5. The van der Waals surface area contributed by atoms with Gasteiger partial charge in [-0.05, 0) is 42.3 Å². The molecule has 4 nitrogen and oxygen atoms in total. The van der Waals surface area contributed by atoms with Gasteiger partial charge >= 0.3 is 0 Å². The van der Waals surface area contributed by atoms with Gasteiger partial charge in [0, 0.05) is 47.8 Å². The molecular formula is C29H26ClN3O. The molecule has 5 aromatic rings. The Labute approximate surface area is 205 Å². The number of halogens is 1. The molecule has 2 aromatic heterocycles. The molecule has 170 valence electrons. The van der Waals surface area contributed by atoms with Crippen LogP contribution in [-0.2, 0) is 6.54 Å². The maximum atomic E-state index is 7.00. The van der Waals surface area contributed by atoms with E-state index in [1.165, 1.54) is 5.56 Å². The summed E-state index contributed by atoms with van der Waals surface area (Å²) in [5, 5.41) is 7.72. The van der Waals surface area contributed by atoms with Gasteiger partial charge in [0.05, 0.1) is 11.4 Å². The normalized spacial score (nSPS) is 10.5. The van der Waals surface area contributed by atoms with Gasteiger partial charge in [0.2, 0.25) is 0 Å². The molecule has 34 heavy (non-hydrogen) atoms. The van der Waals surface area contributed by atoms with Crippen LogP contribution in [0, 0.1) is 0 Å².